The maximum atomic E-state index is 13.3. The molecule has 1 aromatic rings. The summed E-state index contributed by atoms with van der Waals surface area (Å²) in [5.74, 6) is -2.45. The van der Waals surface area contributed by atoms with E-state index in [-0.39, 0.29) is 23.6 Å². The van der Waals surface area contributed by atoms with Crippen molar-refractivity contribution in [3.63, 3.8) is 0 Å². The molecule has 0 unspecified atom stereocenters. The van der Waals surface area contributed by atoms with Crippen LogP contribution >= 0.6 is 11.6 Å². The molecule has 0 fully saturated rings. The SMILES string of the molecule is COc1c(CCC=O)cc(Cl)c(F)c1F. The molecule has 0 saturated carbocycles. The first-order chi connectivity index (χ1) is 7.11. The zero-order chi connectivity index (χ0) is 11.4. The molecule has 2 nitrogen and oxygen atoms in total. The quantitative estimate of drug-likeness (QED) is 0.592. The molecule has 0 heterocycles. The minimum absolute atomic E-state index is 0.196. The van der Waals surface area contributed by atoms with Crippen LogP contribution in [0.5, 0.6) is 5.75 Å². The van der Waals surface area contributed by atoms with Crippen LogP contribution in [0, 0.1) is 11.6 Å². The summed E-state index contributed by atoms with van der Waals surface area (Å²) in [5, 5.41) is -0.311. The Hall–Kier alpha value is -1.16. The molecule has 0 spiro atoms. The summed E-state index contributed by atoms with van der Waals surface area (Å²) in [6.07, 6.45) is 1.16. The van der Waals surface area contributed by atoms with Gasteiger partial charge < -0.3 is 9.53 Å². The lowest BCUT2D eigenvalue weighted by atomic mass is 10.1. The Labute approximate surface area is 90.8 Å². The molecule has 0 amide bonds. The van der Waals surface area contributed by atoms with Gasteiger partial charge in [0.25, 0.3) is 0 Å². The molecule has 0 aliphatic rings. The molecule has 0 bridgehead atoms. The molecule has 0 aliphatic heterocycles. The molecule has 0 aliphatic carbocycles. The fourth-order valence-corrected chi connectivity index (χ4v) is 1.46. The third kappa shape index (κ3) is 2.45. The number of rotatable bonds is 4. The van der Waals surface area contributed by atoms with Gasteiger partial charge in [0.15, 0.2) is 11.6 Å². The zero-order valence-corrected chi connectivity index (χ0v) is 8.78. The summed E-state index contributed by atoms with van der Waals surface area (Å²) >= 11 is 5.47. The maximum absolute atomic E-state index is 13.3. The number of hydrogen-bond acceptors (Lipinski definition) is 2. The lowest BCUT2D eigenvalue weighted by Crippen LogP contribution is -1.99. The van der Waals surface area contributed by atoms with Gasteiger partial charge in [-0.05, 0) is 18.1 Å². The molecule has 0 N–H and O–H groups in total. The lowest BCUT2D eigenvalue weighted by Gasteiger charge is -2.09. The van der Waals surface area contributed by atoms with Crippen LogP contribution < -0.4 is 4.74 Å². The fraction of sp³-hybridized carbons (Fsp3) is 0.300. The molecule has 0 saturated heterocycles. The molecule has 1 rings (SSSR count). The molecular weight excluding hydrogens is 226 g/mol. The Morgan fingerprint density at radius 2 is 2.13 bits per heavy atom. The Balaban J connectivity index is 3.19. The summed E-state index contributed by atoms with van der Waals surface area (Å²) in [6.45, 7) is 0. The highest BCUT2D eigenvalue weighted by molar-refractivity contribution is 6.30. The molecule has 15 heavy (non-hydrogen) atoms. The summed E-state index contributed by atoms with van der Waals surface area (Å²) in [7, 11) is 1.23. The van der Waals surface area contributed by atoms with Crippen LogP contribution in [-0.2, 0) is 11.2 Å². The number of methoxy groups -OCH3 is 1. The van der Waals surface area contributed by atoms with Crippen molar-refractivity contribution in [1.82, 2.24) is 0 Å². The van der Waals surface area contributed by atoms with Crippen molar-refractivity contribution in [1.29, 1.82) is 0 Å². The second-order valence-corrected chi connectivity index (χ2v) is 3.29. The van der Waals surface area contributed by atoms with Gasteiger partial charge >= 0.3 is 0 Å². The first-order valence-electron chi connectivity index (χ1n) is 4.25. The van der Waals surface area contributed by atoms with Gasteiger partial charge in [-0.2, -0.15) is 4.39 Å². The Kier molecular flexibility index (Phi) is 4.03. The van der Waals surface area contributed by atoms with Crippen molar-refractivity contribution in [2.24, 2.45) is 0 Å². The maximum Gasteiger partial charge on any atom is 0.202 e. The van der Waals surface area contributed by atoms with Gasteiger partial charge in [-0.25, -0.2) is 4.39 Å². The number of carbonyl (C=O) groups excluding carboxylic acids is 1. The number of carbonyl (C=O) groups is 1. The van der Waals surface area contributed by atoms with Crippen molar-refractivity contribution < 1.29 is 18.3 Å². The number of benzene rings is 1. The highest BCUT2D eigenvalue weighted by Gasteiger charge is 2.17. The molecule has 82 valence electrons. The van der Waals surface area contributed by atoms with Crippen molar-refractivity contribution in [3.8, 4) is 5.75 Å². The van der Waals surface area contributed by atoms with E-state index in [1.165, 1.54) is 13.2 Å². The standard InChI is InChI=1S/C10H9ClF2O2/c1-15-10-6(3-2-4-14)5-7(11)8(12)9(10)13/h4-5H,2-3H2,1H3. The zero-order valence-electron chi connectivity index (χ0n) is 8.02. The molecular formula is C10H9ClF2O2. The van der Waals surface area contributed by atoms with E-state index in [9.17, 15) is 13.6 Å². The van der Waals surface area contributed by atoms with E-state index < -0.39 is 11.6 Å². The van der Waals surface area contributed by atoms with Gasteiger partial charge in [0.05, 0.1) is 12.1 Å². The van der Waals surface area contributed by atoms with Crippen LogP contribution in [0.3, 0.4) is 0 Å². The minimum Gasteiger partial charge on any atom is -0.493 e. The normalized spacial score (nSPS) is 10.1. The Morgan fingerprint density at radius 1 is 1.47 bits per heavy atom. The van der Waals surface area contributed by atoms with Gasteiger partial charge in [-0.15, -0.1) is 0 Å². The van der Waals surface area contributed by atoms with E-state index in [4.69, 9.17) is 16.3 Å². The van der Waals surface area contributed by atoms with Gasteiger partial charge in [-0.3, -0.25) is 0 Å². The second kappa shape index (κ2) is 5.07. The van der Waals surface area contributed by atoms with Crippen LogP contribution in [0.2, 0.25) is 5.02 Å². The first kappa shape index (κ1) is 11.9. The third-order valence-electron chi connectivity index (χ3n) is 1.93. The highest BCUT2D eigenvalue weighted by Crippen LogP contribution is 2.30. The fourth-order valence-electron chi connectivity index (χ4n) is 1.25. The van der Waals surface area contributed by atoms with E-state index in [0.717, 1.165) is 0 Å². The minimum atomic E-state index is -1.14. The largest absolute Gasteiger partial charge is 0.493 e. The molecule has 0 atom stereocenters. The summed E-state index contributed by atoms with van der Waals surface area (Å²) in [4.78, 5) is 10.2. The number of aryl methyl sites for hydroxylation is 1. The average Bonchev–Trinajstić information content (AvgIpc) is 2.23. The Morgan fingerprint density at radius 3 is 2.67 bits per heavy atom. The van der Waals surface area contributed by atoms with Crippen LogP contribution in [0.1, 0.15) is 12.0 Å². The van der Waals surface area contributed by atoms with E-state index in [0.29, 0.717) is 11.8 Å². The molecule has 5 heteroatoms. The van der Waals surface area contributed by atoms with Gasteiger partial charge in [0.1, 0.15) is 6.29 Å². The number of ether oxygens (including phenoxy) is 1. The van der Waals surface area contributed by atoms with Gasteiger partial charge in [0, 0.05) is 6.42 Å². The van der Waals surface area contributed by atoms with Crippen LogP contribution in [0.4, 0.5) is 8.78 Å². The smallest absolute Gasteiger partial charge is 0.202 e. The number of halogens is 3. The van der Waals surface area contributed by atoms with Crippen molar-refractivity contribution >= 4 is 17.9 Å². The molecule has 1 aromatic carbocycles. The predicted octanol–water partition coefficient (Wildman–Crippen LogP) is 2.76. The summed E-state index contributed by atoms with van der Waals surface area (Å²) in [6, 6.07) is 1.27. The predicted molar refractivity (Wildman–Crippen MR) is 52.3 cm³/mol. The van der Waals surface area contributed by atoms with Gasteiger partial charge in [0.2, 0.25) is 5.82 Å². The average molecular weight is 235 g/mol. The van der Waals surface area contributed by atoms with Crippen molar-refractivity contribution in [3.05, 3.63) is 28.3 Å². The number of hydrogen-bond donors (Lipinski definition) is 0. The lowest BCUT2D eigenvalue weighted by molar-refractivity contribution is -0.107. The Bertz CT molecular complexity index is 380. The van der Waals surface area contributed by atoms with Crippen LogP contribution in [-0.4, -0.2) is 13.4 Å². The van der Waals surface area contributed by atoms with Crippen molar-refractivity contribution in [2.45, 2.75) is 12.8 Å². The van der Waals surface area contributed by atoms with E-state index >= 15 is 0 Å². The van der Waals surface area contributed by atoms with Crippen LogP contribution in [0.25, 0.3) is 0 Å². The summed E-state index contributed by atoms with van der Waals surface area (Å²) < 4.78 is 31.0. The monoisotopic (exact) mass is 234 g/mol. The highest BCUT2D eigenvalue weighted by atomic mass is 35.5. The van der Waals surface area contributed by atoms with E-state index in [2.05, 4.69) is 0 Å². The topological polar surface area (TPSA) is 26.3 Å². The number of aldehydes is 1. The van der Waals surface area contributed by atoms with E-state index in [1.54, 1.807) is 0 Å². The first-order valence-corrected chi connectivity index (χ1v) is 4.63. The molecule has 0 radical (unpaired) electrons. The van der Waals surface area contributed by atoms with Gasteiger partial charge in [-0.1, -0.05) is 11.6 Å². The van der Waals surface area contributed by atoms with Crippen LogP contribution in [0.15, 0.2) is 6.07 Å². The van der Waals surface area contributed by atoms with Crippen molar-refractivity contribution in [2.75, 3.05) is 7.11 Å². The third-order valence-corrected chi connectivity index (χ3v) is 2.21. The summed E-state index contributed by atoms with van der Waals surface area (Å²) in [5.41, 5.74) is 0.383. The van der Waals surface area contributed by atoms with E-state index in [1.807, 2.05) is 0 Å². The second-order valence-electron chi connectivity index (χ2n) is 2.88. The molecule has 0 aromatic heterocycles.